The molecule has 1 N–H and O–H groups in total. The van der Waals surface area contributed by atoms with Gasteiger partial charge in [0.05, 0.1) is 11.6 Å². The van der Waals surface area contributed by atoms with Gasteiger partial charge in [0.2, 0.25) is 5.92 Å². The van der Waals surface area contributed by atoms with Crippen molar-refractivity contribution in [3.8, 4) is 17.5 Å². The van der Waals surface area contributed by atoms with Crippen LogP contribution < -0.4 is 0 Å². The number of piperidine rings is 1. The van der Waals surface area contributed by atoms with E-state index >= 15 is 0 Å². The molecule has 0 atom stereocenters. The van der Waals surface area contributed by atoms with Crippen LogP contribution in [0.3, 0.4) is 0 Å². The summed E-state index contributed by atoms with van der Waals surface area (Å²) < 4.78 is 27.4. The third kappa shape index (κ3) is 4.65. The molecule has 7 heteroatoms. The zero-order valence-corrected chi connectivity index (χ0v) is 20.7. The lowest BCUT2D eigenvalue weighted by Gasteiger charge is -2.37. The van der Waals surface area contributed by atoms with Gasteiger partial charge in [0.15, 0.2) is 0 Å². The average Bonchev–Trinajstić information content (AvgIpc) is 3.36. The van der Waals surface area contributed by atoms with Crippen molar-refractivity contribution in [3.05, 3.63) is 76.1 Å². The summed E-state index contributed by atoms with van der Waals surface area (Å²) in [5.74, 6) is -1.90. The maximum absolute atomic E-state index is 13.7. The number of nitriles is 1. The Morgan fingerprint density at radius 1 is 1.17 bits per heavy atom. The third-order valence-electron chi connectivity index (χ3n) is 7.71. The van der Waals surface area contributed by atoms with Gasteiger partial charge in [-0.15, -0.1) is 0 Å². The van der Waals surface area contributed by atoms with Gasteiger partial charge < -0.3 is 9.88 Å². The zero-order chi connectivity index (χ0) is 25.4. The molecule has 1 aliphatic heterocycles. The molecule has 1 saturated carbocycles. The van der Waals surface area contributed by atoms with Gasteiger partial charge in [-0.25, -0.2) is 13.8 Å². The van der Waals surface area contributed by atoms with E-state index in [1.54, 1.807) is 6.20 Å². The highest BCUT2D eigenvalue weighted by molar-refractivity contribution is 5.97. The van der Waals surface area contributed by atoms with E-state index in [1.165, 1.54) is 5.56 Å². The van der Waals surface area contributed by atoms with E-state index < -0.39 is 5.92 Å². The van der Waals surface area contributed by atoms with E-state index in [-0.39, 0.29) is 24.7 Å². The van der Waals surface area contributed by atoms with Crippen LogP contribution in [0.4, 0.5) is 8.78 Å². The largest absolute Gasteiger partial charge is 0.342 e. The second kappa shape index (κ2) is 9.50. The van der Waals surface area contributed by atoms with Crippen LogP contribution in [-0.2, 0) is 6.42 Å². The Morgan fingerprint density at radius 3 is 2.44 bits per heavy atom. The molecule has 0 spiro atoms. The number of nitrogens with zero attached hydrogens (tertiary/aromatic N) is 3. The number of aryl methyl sites for hydroxylation is 2. The monoisotopic (exact) mass is 488 g/mol. The first-order chi connectivity index (χ1) is 17.3. The van der Waals surface area contributed by atoms with Crippen molar-refractivity contribution in [1.29, 1.82) is 5.26 Å². The predicted molar refractivity (Wildman–Crippen MR) is 134 cm³/mol. The van der Waals surface area contributed by atoms with Crippen LogP contribution in [0.25, 0.3) is 11.4 Å². The first-order valence-electron chi connectivity index (χ1n) is 12.6. The van der Waals surface area contributed by atoms with Gasteiger partial charge in [-0.05, 0) is 72.9 Å². The first-order valence-corrected chi connectivity index (χ1v) is 12.6. The number of alkyl halides is 2. The molecule has 36 heavy (non-hydrogen) atoms. The van der Waals surface area contributed by atoms with Gasteiger partial charge in [0.25, 0.3) is 5.91 Å². The van der Waals surface area contributed by atoms with Crippen molar-refractivity contribution in [2.75, 3.05) is 13.1 Å². The highest BCUT2D eigenvalue weighted by Gasteiger charge is 2.47. The van der Waals surface area contributed by atoms with Crippen molar-refractivity contribution in [2.24, 2.45) is 0 Å². The fraction of sp³-hybridized carbons (Fsp3) is 0.414. The number of hydrogen-bond acceptors (Lipinski definition) is 3. The van der Waals surface area contributed by atoms with E-state index in [0.717, 1.165) is 41.6 Å². The summed E-state index contributed by atoms with van der Waals surface area (Å²) in [6.45, 7) is 5.21. The number of likely N-dealkylation sites (tertiary alicyclic amines) is 1. The molecule has 5 rings (SSSR count). The van der Waals surface area contributed by atoms with Crippen LogP contribution in [-0.4, -0.2) is 39.8 Å². The van der Waals surface area contributed by atoms with Crippen LogP contribution in [0.2, 0.25) is 0 Å². The molecule has 2 aliphatic rings. The topological polar surface area (TPSA) is 72.8 Å². The minimum absolute atomic E-state index is 0.0280. The van der Waals surface area contributed by atoms with Gasteiger partial charge in [-0.3, -0.25) is 4.79 Å². The molecule has 3 aromatic rings. The van der Waals surface area contributed by atoms with Gasteiger partial charge >= 0.3 is 0 Å². The maximum Gasteiger partial charge on any atom is 0.254 e. The van der Waals surface area contributed by atoms with E-state index in [1.807, 2.05) is 55.1 Å². The molecule has 1 aliphatic carbocycles. The van der Waals surface area contributed by atoms with E-state index in [2.05, 4.69) is 16.0 Å². The summed E-state index contributed by atoms with van der Waals surface area (Å²) in [6, 6.07) is 13.6. The summed E-state index contributed by atoms with van der Waals surface area (Å²) in [4.78, 5) is 23.3. The quantitative estimate of drug-likeness (QED) is 0.455. The highest BCUT2D eigenvalue weighted by Crippen LogP contribution is 2.50. The van der Waals surface area contributed by atoms with Crippen molar-refractivity contribution >= 4 is 5.91 Å². The SMILES string of the molecule is CCc1cnc(-c2cc(C(=O)N3CCC(c4ccc(C#N)cc4)CC3)c(C)cc2C2CC(F)(F)C2)[nH]1. The van der Waals surface area contributed by atoms with E-state index in [4.69, 9.17) is 5.26 Å². The molecule has 2 fully saturated rings. The van der Waals surface area contributed by atoms with E-state index in [0.29, 0.717) is 36.0 Å². The van der Waals surface area contributed by atoms with Crippen LogP contribution in [0, 0.1) is 18.3 Å². The Labute approximate surface area is 210 Å². The van der Waals surface area contributed by atoms with Crippen molar-refractivity contribution in [2.45, 2.75) is 63.7 Å². The molecule has 2 heterocycles. The number of aromatic amines is 1. The number of halogens is 2. The average molecular weight is 489 g/mol. The second-order valence-corrected chi connectivity index (χ2v) is 10.1. The molecule has 0 unspecified atom stereocenters. The summed E-state index contributed by atoms with van der Waals surface area (Å²) in [6.07, 6.45) is 3.93. The maximum atomic E-state index is 13.7. The van der Waals surface area contributed by atoms with Gasteiger partial charge in [-0.1, -0.05) is 25.1 Å². The third-order valence-corrected chi connectivity index (χ3v) is 7.71. The van der Waals surface area contributed by atoms with Crippen LogP contribution in [0.15, 0.2) is 42.6 Å². The lowest BCUT2D eigenvalue weighted by atomic mass is 9.74. The smallest absolute Gasteiger partial charge is 0.254 e. The Bertz CT molecular complexity index is 1310. The zero-order valence-electron chi connectivity index (χ0n) is 20.7. The minimum Gasteiger partial charge on any atom is -0.342 e. The molecule has 0 bridgehead atoms. The highest BCUT2D eigenvalue weighted by atomic mass is 19.3. The van der Waals surface area contributed by atoms with Crippen LogP contribution in [0.5, 0.6) is 0 Å². The molecule has 1 amide bonds. The summed E-state index contributed by atoms with van der Waals surface area (Å²) in [5.41, 5.74) is 5.81. The lowest BCUT2D eigenvalue weighted by Crippen LogP contribution is -2.38. The number of carbonyl (C=O) groups is 1. The summed E-state index contributed by atoms with van der Waals surface area (Å²) in [7, 11) is 0. The minimum atomic E-state index is -2.62. The predicted octanol–water partition coefficient (Wildman–Crippen LogP) is 6.35. The number of hydrogen-bond donors (Lipinski definition) is 1. The molecule has 2 aromatic carbocycles. The van der Waals surface area contributed by atoms with E-state index in [9.17, 15) is 13.6 Å². The fourth-order valence-corrected chi connectivity index (χ4v) is 5.48. The second-order valence-electron chi connectivity index (χ2n) is 10.1. The number of H-pyrrole nitrogens is 1. The van der Waals surface area contributed by atoms with Crippen molar-refractivity contribution < 1.29 is 13.6 Å². The van der Waals surface area contributed by atoms with Gasteiger partial charge in [0.1, 0.15) is 5.82 Å². The number of carbonyl (C=O) groups excluding carboxylic acids is 1. The van der Waals surface area contributed by atoms with Gasteiger partial charge in [0, 0.05) is 48.9 Å². The normalized spacial score (nSPS) is 18.0. The van der Waals surface area contributed by atoms with Crippen LogP contribution in [0.1, 0.15) is 82.7 Å². The Hall–Kier alpha value is -3.53. The van der Waals surface area contributed by atoms with Crippen LogP contribution >= 0.6 is 0 Å². The Kier molecular flexibility index (Phi) is 6.38. The molecule has 0 radical (unpaired) electrons. The number of imidazole rings is 1. The van der Waals surface area contributed by atoms with Crippen molar-refractivity contribution in [1.82, 2.24) is 14.9 Å². The standard InChI is InChI=1S/C29H30F2N4O/c1-3-23-17-33-27(34-23)26-13-24(18(2)12-25(26)22-14-29(30,31)15-22)28(36)35-10-8-21(9-11-35)20-6-4-19(16-32)5-7-20/h4-7,12-13,17,21-22H,3,8-11,14-15H2,1-2H3,(H,33,34). The first kappa shape index (κ1) is 24.2. The molecule has 1 saturated heterocycles. The molecule has 5 nitrogen and oxygen atoms in total. The lowest BCUT2D eigenvalue weighted by molar-refractivity contribution is -0.0866. The molecular formula is C29H30F2N4O. The van der Waals surface area contributed by atoms with Crippen molar-refractivity contribution in [3.63, 3.8) is 0 Å². The fourth-order valence-electron chi connectivity index (χ4n) is 5.48. The Balaban J connectivity index is 1.38. The van der Waals surface area contributed by atoms with Gasteiger partial charge in [-0.2, -0.15) is 5.26 Å². The number of rotatable bonds is 5. The number of aromatic nitrogens is 2. The molecular weight excluding hydrogens is 458 g/mol. The molecule has 186 valence electrons. The summed E-state index contributed by atoms with van der Waals surface area (Å²) >= 11 is 0. The molecule has 1 aromatic heterocycles. The Morgan fingerprint density at radius 2 is 1.86 bits per heavy atom. The number of benzene rings is 2. The number of amides is 1. The summed E-state index contributed by atoms with van der Waals surface area (Å²) in [5, 5.41) is 9.03. The number of nitrogens with one attached hydrogen (secondary N) is 1.